The van der Waals surface area contributed by atoms with Crippen LogP contribution in [0.3, 0.4) is 0 Å². The molecule has 0 aromatic rings. The highest BCUT2D eigenvalue weighted by atomic mass is 16.2. The van der Waals surface area contributed by atoms with Gasteiger partial charge in [0.05, 0.1) is 0 Å². The summed E-state index contributed by atoms with van der Waals surface area (Å²) in [7, 11) is 1.72. The van der Waals surface area contributed by atoms with Crippen molar-refractivity contribution in [3.8, 4) is 0 Å². The van der Waals surface area contributed by atoms with Gasteiger partial charge in [0.1, 0.15) is 6.17 Å². The van der Waals surface area contributed by atoms with Crippen LogP contribution < -0.4 is 0 Å². The number of hydrogen-bond acceptors (Lipinski definition) is 2. The van der Waals surface area contributed by atoms with Crippen LogP contribution in [0.1, 0.15) is 26.2 Å². The molecule has 13 heavy (non-hydrogen) atoms. The van der Waals surface area contributed by atoms with Gasteiger partial charge in [0.15, 0.2) is 0 Å². The summed E-state index contributed by atoms with van der Waals surface area (Å²) in [4.78, 5) is 24.8. The maximum Gasteiger partial charge on any atom is 0.313 e. The molecule has 1 radical (unpaired) electrons. The lowest BCUT2D eigenvalue weighted by Crippen LogP contribution is -2.50. The van der Waals surface area contributed by atoms with E-state index in [0.717, 1.165) is 19.3 Å². The molecule has 0 aliphatic carbocycles. The number of hydrogen-bond donors (Lipinski definition) is 0. The van der Waals surface area contributed by atoms with E-state index in [1.165, 1.54) is 6.92 Å². The number of amides is 2. The maximum absolute atomic E-state index is 11.1. The SMILES string of the molecule is CC(=O)N(C)C1CCCCN1[C]=O. The topological polar surface area (TPSA) is 40.6 Å². The molecule has 73 valence electrons. The van der Waals surface area contributed by atoms with Gasteiger partial charge in [0, 0.05) is 20.5 Å². The molecule has 0 aromatic heterocycles. The summed E-state index contributed by atoms with van der Waals surface area (Å²) in [6.07, 6.45) is 4.75. The second-order valence-electron chi connectivity index (χ2n) is 3.39. The van der Waals surface area contributed by atoms with Gasteiger partial charge >= 0.3 is 6.41 Å². The molecular weight excluding hydrogens is 168 g/mol. The third-order valence-electron chi connectivity index (χ3n) is 2.53. The maximum atomic E-state index is 11.1. The van der Waals surface area contributed by atoms with Crippen molar-refractivity contribution in [2.45, 2.75) is 32.4 Å². The van der Waals surface area contributed by atoms with Crippen molar-refractivity contribution in [1.82, 2.24) is 9.80 Å². The Kier molecular flexibility index (Phi) is 3.28. The molecule has 4 nitrogen and oxygen atoms in total. The van der Waals surface area contributed by atoms with Gasteiger partial charge in [0.25, 0.3) is 0 Å². The molecule has 1 fully saturated rings. The van der Waals surface area contributed by atoms with E-state index in [0.29, 0.717) is 6.54 Å². The van der Waals surface area contributed by atoms with Gasteiger partial charge < -0.3 is 9.80 Å². The Morgan fingerprint density at radius 3 is 2.77 bits per heavy atom. The molecule has 0 spiro atoms. The Morgan fingerprint density at radius 1 is 1.54 bits per heavy atom. The van der Waals surface area contributed by atoms with E-state index >= 15 is 0 Å². The van der Waals surface area contributed by atoms with Gasteiger partial charge in [-0.3, -0.25) is 9.59 Å². The van der Waals surface area contributed by atoms with Crippen LogP contribution in [0.25, 0.3) is 0 Å². The van der Waals surface area contributed by atoms with Crippen LogP contribution in [0.4, 0.5) is 0 Å². The quantitative estimate of drug-likeness (QED) is 0.619. The lowest BCUT2D eigenvalue weighted by Gasteiger charge is -2.37. The minimum atomic E-state index is -0.0799. The Morgan fingerprint density at radius 2 is 2.23 bits per heavy atom. The summed E-state index contributed by atoms with van der Waals surface area (Å²) in [5.74, 6) is -0.00727. The summed E-state index contributed by atoms with van der Waals surface area (Å²) in [5.41, 5.74) is 0. The summed E-state index contributed by atoms with van der Waals surface area (Å²) in [5, 5.41) is 0. The largest absolute Gasteiger partial charge is 0.325 e. The van der Waals surface area contributed by atoms with E-state index in [2.05, 4.69) is 0 Å². The van der Waals surface area contributed by atoms with Crippen LogP contribution >= 0.6 is 0 Å². The van der Waals surface area contributed by atoms with E-state index in [1.807, 2.05) is 6.41 Å². The lowest BCUT2D eigenvalue weighted by molar-refractivity contribution is -0.132. The van der Waals surface area contributed by atoms with E-state index < -0.39 is 0 Å². The molecular formula is C9H15N2O2. The first-order chi connectivity index (χ1) is 6.16. The standard InChI is InChI=1S/C9H15N2O2/c1-8(13)10(2)9-5-3-4-6-11(9)7-12/h9H,3-6H2,1-2H3. The fourth-order valence-electron chi connectivity index (χ4n) is 1.63. The summed E-state index contributed by atoms with van der Waals surface area (Å²) >= 11 is 0. The molecule has 1 aliphatic rings. The molecule has 0 bridgehead atoms. The fourth-order valence-corrected chi connectivity index (χ4v) is 1.63. The van der Waals surface area contributed by atoms with Crippen LogP contribution in [-0.2, 0) is 9.59 Å². The monoisotopic (exact) mass is 183 g/mol. The molecule has 1 aliphatic heterocycles. The zero-order valence-electron chi connectivity index (χ0n) is 8.12. The van der Waals surface area contributed by atoms with Gasteiger partial charge in [-0.25, -0.2) is 0 Å². The molecule has 1 heterocycles. The number of carbonyl (C=O) groups is 1. The van der Waals surface area contributed by atoms with Crippen molar-refractivity contribution in [1.29, 1.82) is 0 Å². The highest BCUT2D eigenvalue weighted by Crippen LogP contribution is 2.17. The Hall–Kier alpha value is -1.06. The predicted molar refractivity (Wildman–Crippen MR) is 48.5 cm³/mol. The first kappa shape index (κ1) is 10.0. The summed E-state index contributed by atoms with van der Waals surface area (Å²) in [6.45, 7) is 2.23. The van der Waals surface area contributed by atoms with E-state index in [-0.39, 0.29) is 12.1 Å². The number of likely N-dealkylation sites (tertiary alicyclic amines) is 1. The third-order valence-corrected chi connectivity index (χ3v) is 2.53. The molecule has 0 N–H and O–H groups in total. The Balaban J connectivity index is 2.63. The molecule has 1 saturated heterocycles. The number of piperidine rings is 1. The van der Waals surface area contributed by atoms with Crippen molar-refractivity contribution in [2.75, 3.05) is 13.6 Å². The number of carbonyl (C=O) groups excluding carboxylic acids is 2. The van der Waals surface area contributed by atoms with Gasteiger partial charge in [0.2, 0.25) is 5.91 Å². The highest BCUT2D eigenvalue weighted by molar-refractivity contribution is 5.73. The predicted octanol–water partition coefficient (Wildman–Crippen LogP) is 0.344. The van der Waals surface area contributed by atoms with Crippen molar-refractivity contribution in [3.63, 3.8) is 0 Å². The van der Waals surface area contributed by atoms with Crippen LogP contribution in [0, 0.1) is 0 Å². The second kappa shape index (κ2) is 4.25. The van der Waals surface area contributed by atoms with Crippen molar-refractivity contribution in [3.05, 3.63) is 0 Å². The molecule has 0 aromatic carbocycles. The van der Waals surface area contributed by atoms with Crippen LogP contribution in [0.2, 0.25) is 0 Å². The molecule has 0 saturated carbocycles. The first-order valence-electron chi connectivity index (χ1n) is 4.54. The Labute approximate surface area is 78.5 Å². The van der Waals surface area contributed by atoms with Crippen LogP contribution in [0.15, 0.2) is 0 Å². The van der Waals surface area contributed by atoms with Gasteiger partial charge in [-0.15, -0.1) is 0 Å². The van der Waals surface area contributed by atoms with Crippen LogP contribution in [-0.4, -0.2) is 41.9 Å². The van der Waals surface area contributed by atoms with E-state index in [4.69, 9.17) is 0 Å². The average Bonchev–Trinajstić information content (AvgIpc) is 2.16. The van der Waals surface area contributed by atoms with Gasteiger partial charge in [-0.1, -0.05) is 0 Å². The lowest BCUT2D eigenvalue weighted by atomic mass is 10.1. The molecule has 1 atom stereocenters. The molecule has 2 amide bonds. The van der Waals surface area contributed by atoms with Gasteiger partial charge in [-0.2, -0.15) is 0 Å². The van der Waals surface area contributed by atoms with E-state index in [9.17, 15) is 9.59 Å². The summed E-state index contributed by atoms with van der Waals surface area (Å²) in [6, 6.07) is 0. The summed E-state index contributed by atoms with van der Waals surface area (Å²) < 4.78 is 0. The smallest absolute Gasteiger partial charge is 0.313 e. The average molecular weight is 183 g/mol. The number of rotatable bonds is 2. The van der Waals surface area contributed by atoms with Crippen molar-refractivity contribution >= 4 is 12.3 Å². The Bertz CT molecular complexity index is 204. The zero-order chi connectivity index (χ0) is 9.84. The molecule has 1 rings (SSSR count). The zero-order valence-corrected chi connectivity index (χ0v) is 8.12. The van der Waals surface area contributed by atoms with Crippen molar-refractivity contribution in [2.24, 2.45) is 0 Å². The molecule has 4 heteroatoms. The van der Waals surface area contributed by atoms with Gasteiger partial charge in [-0.05, 0) is 19.3 Å². The second-order valence-corrected chi connectivity index (χ2v) is 3.39. The van der Waals surface area contributed by atoms with E-state index in [1.54, 1.807) is 16.8 Å². The van der Waals surface area contributed by atoms with Crippen molar-refractivity contribution < 1.29 is 9.59 Å². The fraction of sp³-hybridized carbons (Fsp3) is 0.778. The molecule has 1 unspecified atom stereocenters. The minimum absolute atomic E-state index is 0.00727. The highest BCUT2D eigenvalue weighted by Gasteiger charge is 2.26. The van der Waals surface area contributed by atoms with Crippen LogP contribution in [0.5, 0.6) is 0 Å². The normalized spacial score (nSPS) is 22.6. The third kappa shape index (κ3) is 2.20. The first-order valence-corrected chi connectivity index (χ1v) is 4.54. The number of nitrogens with zero attached hydrogens (tertiary/aromatic N) is 2. The minimum Gasteiger partial charge on any atom is -0.325 e.